The molecule has 0 aromatic rings. The van der Waals surface area contributed by atoms with Crippen LogP contribution in [-0.2, 0) is 4.79 Å². The first-order valence-electron chi connectivity index (χ1n) is 5.46. The van der Waals surface area contributed by atoms with E-state index < -0.39 is 24.3 Å². The molecule has 0 heterocycles. The SMILES string of the molecule is CN(CC(F)F)C(=O)C1(C(N)=NO)CCCC1. The molecule has 0 radical (unpaired) electrons. The average Bonchev–Trinajstić information content (AvgIpc) is 2.76. The van der Waals surface area contributed by atoms with Gasteiger partial charge in [-0.05, 0) is 12.8 Å². The minimum atomic E-state index is -2.59. The van der Waals surface area contributed by atoms with E-state index >= 15 is 0 Å². The molecule has 1 aliphatic rings. The van der Waals surface area contributed by atoms with Gasteiger partial charge in [0.25, 0.3) is 6.43 Å². The fourth-order valence-electron chi connectivity index (χ4n) is 2.31. The van der Waals surface area contributed by atoms with Crippen LogP contribution in [0.15, 0.2) is 5.16 Å². The summed E-state index contributed by atoms with van der Waals surface area (Å²) in [5.74, 6) is -0.674. The summed E-state index contributed by atoms with van der Waals surface area (Å²) in [4.78, 5) is 13.1. The Morgan fingerprint density at radius 1 is 1.53 bits per heavy atom. The highest BCUT2D eigenvalue weighted by atomic mass is 19.3. The highest BCUT2D eigenvalue weighted by molar-refractivity contribution is 6.06. The van der Waals surface area contributed by atoms with E-state index in [1.165, 1.54) is 7.05 Å². The molecule has 5 nitrogen and oxygen atoms in total. The monoisotopic (exact) mass is 249 g/mol. The van der Waals surface area contributed by atoms with E-state index in [0.29, 0.717) is 12.8 Å². The van der Waals surface area contributed by atoms with Gasteiger partial charge in [-0.25, -0.2) is 8.78 Å². The van der Waals surface area contributed by atoms with Crippen LogP contribution in [0.3, 0.4) is 0 Å². The molecule has 0 unspecified atom stereocenters. The van der Waals surface area contributed by atoms with Crippen molar-refractivity contribution in [2.75, 3.05) is 13.6 Å². The second kappa shape index (κ2) is 5.29. The minimum Gasteiger partial charge on any atom is -0.409 e. The lowest BCUT2D eigenvalue weighted by Crippen LogP contribution is -2.49. The lowest BCUT2D eigenvalue weighted by molar-refractivity contribution is -0.138. The second-order valence-corrected chi connectivity index (χ2v) is 4.35. The summed E-state index contributed by atoms with van der Waals surface area (Å²) in [6, 6.07) is 0. The van der Waals surface area contributed by atoms with Crippen LogP contribution >= 0.6 is 0 Å². The molecule has 17 heavy (non-hydrogen) atoms. The quantitative estimate of drug-likeness (QED) is 0.338. The zero-order valence-electron chi connectivity index (χ0n) is 9.70. The first kappa shape index (κ1) is 13.7. The molecule has 0 aromatic heterocycles. The Morgan fingerprint density at radius 2 is 2.06 bits per heavy atom. The predicted octanol–water partition coefficient (Wildman–Crippen LogP) is 1.02. The van der Waals surface area contributed by atoms with Crippen LogP contribution in [0.1, 0.15) is 25.7 Å². The van der Waals surface area contributed by atoms with E-state index in [9.17, 15) is 13.6 Å². The molecule has 0 bridgehead atoms. The van der Waals surface area contributed by atoms with E-state index in [1.54, 1.807) is 0 Å². The lowest BCUT2D eigenvalue weighted by atomic mass is 9.83. The third kappa shape index (κ3) is 2.65. The molecule has 0 saturated heterocycles. The fourth-order valence-corrected chi connectivity index (χ4v) is 2.31. The van der Waals surface area contributed by atoms with Gasteiger partial charge in [0.05, 0.1) is 6.54 Å². The van der Waals surface area contributed by atoms with Crippen LogP contribution in [0.25, 0.3) is 0 Å². The Morgan fingerprint density at radius 3 is 2.47 bits per heavy atom. The van der Waals surface area contributed by atoms with E-state index in [1.807, 2.05) is 0 Å². The fraction of sp³-hybridized carbons (Fsp3) is 0.800. The number of carbonyl (C=O) groups excluding carboxylic acids is 1. The van der Waals surface area contributed by atoms with E-state index in [2.05, 4.69) is 5.16 Å². The van der Waals surface area contributed by atoms with Crippen LogP contribution in [0.4, 0.5) is 8.78 Å². The number of amides is 1. The highest BCUT2D eigenvalue weighted by Crippen LogP contribution is 2.39. The summed E-state index contributed by atoms with van der Waals surface area (Å²) in [6.07, 6.45) is -0.172. The Kier molecular flexibility index (Phi) is 4.25. The zero-order chi connectivity index (χ0) is 13.1. The van der Waals surface area contributed by atoms with E-state index in [4.69, 9.17) is 10.9 Å². The number of amidine groups is 1. The van der Waals surface area contributed by atoms with Crippen molar-refractivity contribution < 1.29 is 18.8 Å². The van der Waals surface area contributed by atoms with Gasteiger partial charge >= 0.3 is 0 Å². The van der Waals surface area contributed by atoms with Crippen molar-refractivity contribution in [3.63, 3.8) is 0 Å². The van der Waals surface area contributed by atoms with Crippen molar-refractivity contribution in [3.8, 4) is 0 Å². The topological polar surface area (TPSA) is 78.9 Å². The molecule has 1 saturated carbocycles. The van der Waals surface area contributed by atoms with Gasteiger partial charge in [0.2, 0.25) is 5.91 Å². The number of nitrogens with two attached hydrogens (primary N) is 1. The molecule has 0 atom stereocenters. The van der Waals surface area contributed by atoms with Gasteiger partial charge in [-0.1, -0.05) is 18.0 Å². The van der Waals surface area contributed by atoms with Crippen molar-refractivity contribution in [1.29, 1.82) is 0 Å². The first-order valence-corrected chi connectivity index (χ1v) is 5.46. The standard InChI is InChI=1S/C10H17F2N3O2/c1-15(6-7(11)12)9(16)10(8(13)14-17)4-2-3-5-10/h7,17H,2-6H2,1H3,(H2,13,14). The zero-order valence-corrected chi connectivity index (χ0v) is 9.70. The van der Waals surface area contributed by atoms with Gasteiger partial charge in [0.15, 0.2) is 5.84 Å². The Hall–Kier alpha value is -1.40. The number of halogens is 2. The van der Waals surface area contributed by atoms with Crippen LogP contribution in [-0.4, -0.2) is 41.9 Å². The number of rotatable bonds is 4. The maximum Gasteiger partial charge on any atom is 0.255 e. The molecule has 0 aliphatic heterocycles. The van der Waals surface area contributed by atoms with Crippen molar-refractivity contribution >= 4 is 11.7 Å². The highest BCUT2D eigenvalue weighted by Gasteiger charge is 2.47. The summed E-state index contributed by atoms with van der Waals surface area (Å²) < 4.78 is 24.5. The summed E-state index contributed by atoms with van der Waals surface area (Å²) in [7, 11) is 1.30. The van der Waals surface area contributed by atoms with E-state index in [-0.39, 0.29) is 5.84 Å². The third-order valence-corrected chi connectivity index (χ3v) is 3.22. The third-order valence-electron chi connectivity index (χ3n) is 3.22. The summed E-state index contributed by atoms with van der Waals surface area (Å²) in [5, 5.41) is 11.6. The van der Waals surface area contributed by atoms with Gasteiger partial charge < -0.3 is 15.8 Å². The van der Waals surface area contributed by atoms with Crippen LogP contribution in [0, 0.1) is 5.41 Å². The van der Waals surface area contributed by atoms with Gasteiger partial charge in [-0.2, -0.15) is 0 Å². The number of nitrogens with zero attached hydrogens (tertiary/aromatic N) is 2. The van der Waals surface area contributed by atoms with Crippen molar-refractivity contribution in [2.45, 2.75) is 32.1 Å². The molecule has 1 fully saturated rings. The molecule has 98 valence electrons. The predicted molar refractivity (Wildman–Crippen MR) is 58.0 cm³/mol. The molecular formula is C10H17F2N3O2. The molecule has 1 aliphatic carbocycles. The lowest BCUT2D eigenvalue weighted by Gasteiger charge is -2.30. The number of alkyl halides is 2. The molecule has 7 heteroatoms. The van der Waals surface area contributed by atoms with Crippen LogP contribution < -0.4 is 5.73 Å². The van der Waals surface area contributed by atoms with Gasteiger partial charge in [0.1, 0.15) is 5.41 Å². The van der Waals surface area contributed by atoms with Gasteiger partial charge in [-0.3, -0.25) is 4.79 Å². The second-order valence-electron chi connectivity index (χ2n) is 4.35. The van der Waals surface area contributed by atoms with Crippen LogP contribution in [0.5, 0.6) is 0 Å². The van der Waals surface area contributed by atoms with Crippen molar-refractivity contribution in [2.24, 2.45) is 16.3 Å². The molecular weight excluding hydrogens is 232 g/mol. The molecule has 1 amide bonds. The van der Waals surface area contributed by atoms with Crippen molar-refractivity contribution in [3.05, 3.63) is 0 Å². The largest absolute Gasteiger partial charge is 0.409 e. The normalized spacial score (nSPS) is 19.6. The smallest absolute Gasteiger partial charge is 0.255 e. The first-order chi connectivity index (χ1) is 7.94. The Labute approximate surface area is 98.3 Å². The summed E-state index contributed by atoms with van der Waals surface area (Å²) in [6.45, 7) is -0.640. The molecule has 0 spiro atoms. The number of oxime groups is 1. The van der Waals surface area contributed by atoms with Crippen molar-refractivity contribution in [1.82, 2.24) is 4.90 Å². The van der Waals surface area contributed by atoms with Gasteiger partial charge in [0, 0.05) is 7.05 Å². The maximum atomic E-state index is 12.2. The molecule has 0 aromatic carbocycles. The summed E-state index contributed by atoms with van der Waals surface area (Å²) in [5.41, 5.74) is 4.45. The average molecular weight is 249 g/mol. The number of hydrogen-bond donors (Lipinski definition) is 2. The number of hydrogen-bond acceptors (Lipinski definition) is 3. The van der Waals surface area contributed by atoms with Gasteiger partial charge in [-0.15, -0.1) is 0 Å². The van der Waals surface area contributed by atoms with E-state index in [0.717, 1.165) is 17.7 Å². The minimum absolute atomic E-state index is 0.180. The molecule has 1 rings (SSSR count). The Bertz CT molecular complexity index is 315. The number of carbonyl (C=O) groups is 1. The molecule has 3 N–H and O–H groups in total. The maximum absolute atomic E-state index is 12.2. The Balaban J connectivity index is 2.88. The summed E-state index contributed by atoms with van der Waals surface area (Å²) >= 11 is 0. The van der Waals surface area contributed by atoms with Crippen LogP contribution in [0.2, 0.25) is 0 Å².